The Morgan fingerprint density at radius 3 is 2.60 bits per heavy atom. The lowest BCUT2D eigenvalue weighted by Crippen LogP contribution is -1.76. The van der Waals surface area contributed by atoms with Crippen LogP contribution < -0.4 is 0 Å². The first-order chi connectivity index (χ1) is 4.84. The van der Waals surface area contributed by atoms with E-state index >= 15 is 0 Å². The lowest BCUT2D eigenvalue weighted by atomic mass is 10.1. The second-order valence-electron chi connectivity index (χ2n) is 2.15. The third-order valence-corrected chi connectivity index (χ3v) is 1.43. The summed E-state index contributed by atoms with van der Waals surface area (Å²) >= 11 is 0. The molecule has 0 unspecified atom stereocenters. The van der Waals surface area contributed by atoms with E-state index in [2.05, 4.69) is 0 Å². The topological polar surface area (TPSA) is 0 Å². The minimum Gasteiger partial charge on any atom is -0.216 e. The predicted molar refractivity (Wildman–Crippen MR) is 41.3 cm³/mol. The smallest absolute Gasteiger partial charge is 0.0872 e. The lowest BCUT2D eigenvalue weighted by molar-refractivity contribution is 0.727. The summed E-state index contributed by atoms with van der Waals surface area (Å²) in [5, 5.41) is 0. The van der Waals surface area contributed by atoms with Gasteiger partial charge in [0.2, 0.25) is 0 Å². The van der Waals surface area contributed by atoms with Gasteiger partial charge in [-0.2, -0.15) is 0 Å². The van der Waals surface area contributed by atoms with Crippen molar-refractivity contribution in [2.45, 2.75) is 6.92 Å². The Morgan fingerprint density at radius 1 is 1.30 bits per heavy atom. The zero-order valence-electron chi connectivity index (χ0n) is 5.84. The molecule has 52 valence electrons. The van der Waals surface area contributed by atoms with E-state index in [9.17, 15) is 4.39 Å². The SMILES string of the molecule is Cc1ccccc1/C=C\F. The third kappa shape index (κ3) is 1.44. The molecule has 0 N–H and O–H groups in total. The fraction of sp³-hybridized carbons (Fsp3) is 0.111. The standard InChI is InChI=1S/C9H9F/c1-8-4-2-3-5-9(8)6-7-10/h2-7H,1H3/b7-6-. The average Bonchev–Trinajstić information content (AvgIpc) is 1.94. The summed E-state index contributed by atoms with van der Waals surface area (Å²) in [5.41, 5.74) is 2.03. The minimum atomic E-state index is 0.558. The van der Waals surface area contributed by atoms with Gasteiger partial charge in [0.1, 0.15) is 0 Å². The van der Waals surface area contributed by atoms with Crippen molar-refractivity contribution in [1.29, 1.82) is 0 Å². The monoisotopic (exact) mass is 136 g/mol. The summed E-state index contributed by atoms with van der Waals surface area (Å²) in [6.45, 7) is 1.95. The van der Waals surface area contributed by atoms with Gasteiger partial charge < -0.3 is 0 Å². The Labute approximate surface area is 60.0 Å². The van der Waals surface area contributed by atoms with Gasteiger partial charge in [0.05, 0.1) is 6.33 Å². The molecule has 0 heterocycles. The maximum atomic E-state index is 11.7. The fourth-order valence-corrected chi connectivity index (χ4v) is 0.842. The van der Waals surface area contributed by atoms with Gasteiger partial charge >= 0.3 is 0 Å². The molecule has 10 heavy (non-hydrogen) atoms. The number of hydrogen-bond acceptors (Lipinski definition) is 0. The number of hydrogen-bond donors (Lipinski definition) is 0. The Bertz CT molecular complexity index is 238. The van der Waals surface area contributed by atoms with Crippen molar-refractivity contribution in [2.24, 2.45) is 0 Å². The Balaban J connectivity index is 3.03. The molecule has 0 radical (unpaired) electrons. The molecule has 1 heteroatoms. The summed E-state index contributed by atoms with van der Waals surface area (Å²) in [4.78, 5) is 0. The molecule has 0 aliphatic heterocycles. The summed E-state index contributed by atoms with van der Waals surface area (Å²) in [5.74, 6) is 0. The van der Waals surface area contributed by atoms with E-state index in [1.54, 1.807) is 0 Å². The molecule has 1 aromatic rings. The van der Waals surface area contributed by atoms with Crippen LogP contribution in [0.4, 0.5) is 4.39 Å². The lowest BCUT2D eigenvalue weighted by Gasteiger charge is -1.95. The molecular formula is C9H9F. The van der Waals surface area contributed by atoms with Crippen LogP contribution in [0.2, 0.25) is 0 Å². The van der Waals surface area contributed by atoms with Gasteiger partial charge in [-0.1, -0.05) is 24.3 Å². The molecule has 0 nitrogen and oxygen atoms in total. The van der Waals surface area contributed by atoms with Crippen molar-refractivity contribution < 1.29 is 4.39 Å². The second-order valence-corrected chi connectivity index (χ2v) is 2.15. The quantitative estimate of drug-likeness (QED) is 0.556. The molecule has 0 aliphatic carbocycles. The first-order valence-corrected chi connectivity index (χ1v) is 3.17. The van der Waals surface area contributed by atoms with E-state index in [1.807, 2.05) is 31.2 Å². The molecule has 0 spiro atoms. The predicted octanol–water partition coefficient (Wildman–Crippen LogP) is 2.94. The fourth-order valence-electron chi connectivity index (χ4n) is 0.842. The van der Waals surface area contributed by atoms with Crippen molar-refractivity contribution >= 4 is 6.08 Å². The van der Waals surface area contributed by atoms with Gasteiger partial charge in [-0.15, -0.1) is 0 Å². The van der Waals surface area contributed by atoms with Crippen LogP contribution >= 0.6 is 0 Å². The zero-order chi connectivity index (χ0) is 7.40. The highest BCUT2D eigenvalue weighted by atomic mass is 19.1. The summed E-state index contributed by atoms with van der Waals surface area (Å²) < 4.78 is 11.7. The van der Waals surface area contributed by atoms with Crippen molar-refractivity contribution in [2.75, 3.05) is 0 Å². The van der Waals surface area contributed by atoms with Gasteiger partial charge in [-0.05, 0) is 24.1 Å². The summed E-state index contributed by atoms with van der Waals surface area (Å²) in [7, 11) is 0. The van der Waals surface area contributed by atoms with Gasteiger partial charge in [0.15, 0.2) is 0 Å². The van der Waals surface area contributed by atoms with Crippen LogP contribution in [0.1, 0.15) is 11.1 Å². The van der Waals surface area contributed by atoms with Gasteiger partial charge in [-0.3, -0.25) is 0 Å². The van der Waals surface area contributed by atoms with Gasteiger partial charge in [0, 0.05) is 0 Å². The van der Waals surface area contributed by atoms with Crippen LogP contribution in [-0.2, 0) is 0 Å². The van der Waals surface area contributed by atoms with Crippen LogP contribution in [0.5, 0.6) is 0 Å². The van der Waals surface area contributed by atoms with Gasteiger partial charge in [-0.25, -0.2) is 4.39 Å². The Morgan fingerprint density at radius 2 is 2.00 bits per heavy atom. The van der Waals surface area contributed by atoms with E-state index in [4.69, 9.17) is 0 Å². The zero-order valence-corrected chi connectivity index (χ0v) is 5.84. The first-order valence-electron chi connectivity index (χ1n) is 3.17. The van der Waals surface area contributed by atoms with E-state index in [1.165, 1.54) is 6.08 Å². The Kier molecular flexibility index (Phi) is 2.21. The minimum absolute atomic E-state index is 0.558. The molecule has 0 saturated heterocycles. The normalized spacial score (nSPS) is 10.6. The molecule has 0 saturated carbocycles. The van der Waals surface area contributed by atoms with Crippen molar-refractivity contribution in [1.82, 2.24) is 0 Å². The van der Waals surface area contributed by atoms with Crippen LogP contribution in [0.15, 0.2) is 30.6 Å². The molecule has 0 aliphatic rings. The summed E-state index contributed by atoms with van der Waals surface area (Å²) in [6.07, 6.45) is 2.01. The van der Waals surface area contributed by atoms with Crippen LogP contribution in [0, 0.1) is 6.92 Å². The highest BCUT2D eigenvalue weighted by Crippen LogP contribution is 2.08. The summed E-state index contributed by atoms with van der Waals surface area (Å²) in [6, 6.07) is 7.66. The maximum Gasteiger partial charge on any atom is 0.0872 e. The van der Waals surface area contributed by atoms with E-state index in [0.29, 0.717) is 6.33 Å². The molecule has 1 aromatic carbocycles. The molecule has 0 aromatic heterocycles. The van der Waals surface area contributed by atoms with Crippen LogP contribution in [0.3, 0.4) is 0 Å². The number of rotatable bonds is 1. The highest BCUT2D eigenvalue weighted by Gasteiger charge is 1.88. The first kappa shape index (κ1) is 7.00. The molecule has 0 bridgehead atoms. The van der Waals surface area contributed by atoms with Crippen LogP contribution in [-0.4, -0.2) is 0 Å². The molecule has 1 rings (SSSR count). The van der Waals surface area contributed by atoms with Crippen LogP contribution in [0.25, 0.3) is 6.08 Å². The third-order valence-electron chi connectivity index (χ3n) is 1.43. The maximum absolute atomic E-state index is 11.7. The number of halogens is 1. The van der Waals surface area contributed by atoms with Crippen molar-refractivity contribution in [3.8, 4) is 0 Å². The number of aryl methyl sites for hydroxylation is 1. The largest absolute Gasteiger partial charge is 0.216 e. The van der Waals surface area contributed by atoms with Gasteiger partial charge in [0.25, 0.3) is 0 Å². The number of benzene rings is 1. The average molecular weight is 136 g/mol. The van der Waals surface area contributed by atoms with E-state index in [-0.39, 0.29) is 0 Å². The molecule has 0 atom stereocenters. The second kappa shape index (κ2) is 3.16. The van der Waals surface area contributed by atoms with E-state index in [0.717, 1.165) is 11.1 Å². The highest BCUT2D eigenvalue weighted by molar-refractivity contribution is 5.52. The van der Waals surface area contributed by atoms with Crippen molar-refractivity contribution in [3.05, 3.63) is 41.7 Å². The molecular weight excluding hydrogens is 127 g/mol. The molecule has 0 amide bonds. The van der Waals surface area contributed by atoms with E-state index < -0.39 is 0 Å². The van der Waals surface area contributed by atoms with Crippen molar-refractivity contribution in [3.63, 3.8) is 0 Å². The Hall–Kier alpha value is -1.11. The molecule has 0 fully saturated rings.